The number of ether oxygens (including phenoxy) is 1. The van der Waals surface area contributed by atoms with Gasteiger partial charge >= 0.3 is 0 Å². The lowest BCUT2D eigenvalue weighted by atomic mass is 10.1. The molecule has 0 spiro atoms. The number of rotatable bonds is 4. The molecule has 0 aliphatic heterocycles. The van der Waals surface area contributed by atoms with Gasteiger partial charge in [-0.05, 0) is 18.1 Å². The molecular formula is C16H17FN2O2. The predicted molar refractivity (Wildman–Crippen MR) is 77.9 cm³/mol. The van der Waals surface area contributed by atoms with Crippen LogP contribution in [0.4, 0.5) is 4.39 Å². The summed E-state index contributed by atoms with van der Waals surface area (Å²) in [5.41, 5.74) is 2.58. The third kappa shape index (κ3) is 2.77. The van der Waals surface area contributed by atoms with E-state index in [1.165, 1.54) is 12.3 Å². The van der Waals surface area contributed by atoms with Crippen LogP contribution in [0.3, 0.4) is 0 Å². The Morgan fingerprint density at radius 2 is 2.14 bits per heavy atom. The zero-order chi connectivity index (χ0) is 15.0. The van der Waals surface area contributed by atoms with Crippen molar-refractivity contribution in [3.05, 3.63) is 47.6 Å². The number of fused-ring (bicyclic) bond motifs is 1. The summed E-state index contributed by atoms with van der Waals surface area (Å²) in [6.45, 7) is 6.11. The maximum Gasteiger partial charge on any atom is 0.191 e. The molecule has 21 heavy (non-hydrogen) atoms. The van der Waals surface area contributed by atoms with Gasteiger partial charge in [-0.2, -0.15) is 0 Å². The highest BCUT2D eigenvalue weighted by atomic mass is 19.1. The Labute approximate surface area is 121 Å². The van der Waals surface area contributed by atoms with E-state index in [-0.39, 0.29) is 18.2 Å². The molecule has 1 aromatic carbocycles. The van der Waals surface area contributed by atoms with Crippen molar-refractivity contribution in [1.82, 2.24) is 9.97 Å². The molecule has 0 aliphatic carbocycles. The van der Waals surface area contributed by atoms with Gasteiger partial charge in [0.25, 0.3) is 0 Å². The summed E-state index contributed by atoms with van der Waals surface area (Å²) in [6.07, 6.45) is 1.51. The van der Waals surface area contributed by atoms with E-state index in [0.717, 1.165) is 16.6 Å². The highest BCUT2D eigenvalue weighted by Gasteiger charge is 2.11. The second kappa shape index (κ2) is 5.24. The Balaban J connectivity index is 1.86. The summed E-state index contributed by atoms with van der Waals surface area (Å²) in [6, 6.07) is 5.14. The number of benzene rings is 1. The molecule has 0 unspecified atom stereocenters. The van der Waals surface area contributed by atoms with Crippen molar-refractivity contribution in [2.24, 2.45) is 0 Å². The van der Waals surface area contributed by atoms with E-state index in [4.69, 9.17) is 9.15 Å². The molecule has 5 heteroatoms. The first-order valence-corrected chi connectivity index (χ1v) is 6.89. The number of aromatic nitrogens is 2. The van der Waals surface area contributed by atoms with Gasteiger partial charge in [-0.25, -0.2) is 9.37 Å². The maximum absolute atomic E-state index is 14.1. The van der Waals surface area contributed by atoms with Crippen molar-refractivity contribution in [3.8, 4) is 5.75 Å². The molecule has 110 valence electrons. The van der Waals surface area contributed by atoms with Gasteiger partial charge in [0.2, 0.25) is 0 Å². The van der Waals surface area contributed by atoms with Crippen LogP contribution in [0.1, 0.15) is 37.0 Å². The Hall–Kier alpha value is -2.30. The summed E-state index contributed by atoms with van der Waals surface area (Å²) >= 11 is 0. The molecule has 0 fully saturated rings. The van der Waals surface area contributed by atoms with Crippen molar-refractivity contribution in [1.29, 1.82) is 0 Å². The van der Waals surface area contributed by atoms with Crippen LogP contribution in [0.15, 0.2) is 28.9 Å². The van der Waals surface area contributed by atoms with Crippen LogP contribution in [-0.2, 0) is 6.61 Å². The second-order valence-corrected chi connectivity index (χ2v) is 5.40. The number of hydrogen-bond acceptors (Lipinski definition) is 3. The Morgan fingerprint density at radius 1 is 1.33 bits per heavy atom. The Kier molecular flexibility index (Phi) is 3.41. The fraction of sp³-hybridized carbons (Fsp3) is 0.312. The summed E-state index contributed by atoms with van der Waals surface area (Å²) in [5, 5.41) is 0.848. The minimum atomic E-state index is -0.378. The number of nitrogens with one attached hydrogen (secondary N) is 1. The van der Waals surface area contributed by atoms with Crippen molar-refractivity contribution in [3.63, 3.8) is 0 Å². The van der Waals surface area contributed by atoms with Crippen LogP contribution in [0.5, 0.6) is 5.75 Å². The van der Waals surface area contributed by atoms with Crippen molar-refractivity contribution in [2.45, 2.75) is 33.3 Å². The SMILES string of the molecule is Cc1nc(COc2cc3[nH]c(C(C)C)cc3cc2F)co1. The van der Waals surface area contributed by atoms with E-state index in [0.29, 0.717) is 17.5 Å². The fourth-order valence-electron chi connectivity index (χ4n) is 2.20. The number of halogens is 1. The van der Waals surface area contributed by atoms with E-state index in [9.17, 15) is 4.39 Å². The zero-order valence-corrected chi connectivity index (χ0v) is 12.2. The highest BCUT2D eigenvalue weighted by molar-refractivity contribution is 5.82. The third-order valence-electron chi connectivity index (χ3n) is 3.36. The van der Waals surface area contributed by atoms with Gasteiger partial charge in [-0.15, -0.1) is 0 Å². The van der Waals surface area contributed by atoms with Crippen LogP contribution < -0.4 is 4.74 Å². The van der Waals surface area contributed by atoms with E-state index in [2.05, 4.69) is 23.8 Å². The molecule has 0 radical (unpaired) electrons. The van der Waals surface area contributed by atoms with Crippen LogP contribution in [0, 0.1) is 12.7 Å². The second-order valence-electron chi connectivity index (χ2n) is 5.40. The van der Waals surface area contributed by atoms with Gasteiger partial charge in [0, 0.05) is 29.6 Å². The molecule has 1 N–H and O–H groups in total. The van der Waals surface area contributed by atoms with Crippen molar-refractivity contribution in [2.75, 3.05) is 0 Å². The van der Waals surface area contributed by atoms with E-state index >= 15 is 0 Å². The minimum Gasteiger partial charge on any atom is -0.484 e. The molecule has 4 nitrogen and oxygen atoms in total. The number of aromatic amines is 1. The zero-order valence-electron chi connectivity index (χ0n) is 12.2. The van der Waals surface area contributed by atoms with Crippen molar-refractivity contribution < 1.29 is 13.5 Å². The van der Waals surface area contributed by atoms with E-state index < -0.39 is 0 Å². The Bertz CT molecular complexity index is 774. The molecule has 0 bridgehead atoms. The van der Waals surface area contributed by atoms with Crippen LogP contribution >= 0.6 is 0 Å². The van der Waals surface area contributed by atoms with Crippen LogP contribution in [-0.4, -0.2) is 9.97 Å². The molecule has 0 saturated heterocycles. The monoisotopic (exact) mass is 288 g/mol. The average Bonchev–Trinajstić information content (AvgIpc) is 3.02. The summed E-state index contributed by atoms with van der Waals surface area (Å²) in [4.78, 5) is 7.41. The van der Waals surface area contributed by atoms with E-state index in [1.807, 2.05) is 6.07 Å². The standard InChI is InChI=1S/C16H17FN2O2/c1-9(2)14-5-11-4-13(17)16(6-15(11)19-14)21-8-12-7-20-10(3)18-12/h4-7,9,19H,8H2,1-3H3. The third-order valence-corrected chi connectivity index (χ3v) is 3.36. The number of nitrogens with zero attached hydrogens (tertiary/aromatic N) is 1. The van der Waals surface area contributed by atoms with E-state index in [1.54, 1.807) is 13.0 Å². The van der Waals surface area contributed by atoms with Gasteiger partial charge in [0.05, 0.1) is 0 Å². The van der Waals surface area contributed by atoms with Gasteiger partial charge in [-0.1, -0.05) is 13.8 Å². The first kappa shape index (κ1) is 13.7. The maximum atomic E-state index is 14.1. The van der Waals surface area contributed by atoms with Gasteiger partial charge in [0.15, 0.2) is 17.5 Å². The molecule has 0 saturated carbocycles. The first-order valence-electron chi connectivity index (χ1n) is 6.89. The molecule has 3 aromatic rings. The molecule has 3 rings (SSSR count). The first-order chi connectivity index (χ1) is 10.0. The molecule has 0 aliphatic rings. The quantitative estimate of drug-likeness (QED) is 0.778. The molecule has 0 amide bonds. The highest BCUT2D eigenvalue weighted by Crippen LogP contribution is 2.28. The van der Waals surface area contributed by atoms with Gasteiger partial charge in [-0.3, -0.25) is 0 Å². The van der Waals surface area contributed by atoms with Crippen LogP contribution in [0.2, 0.25) is 0 Å². The van der Waals surface area contributed by atoms with Gasteiger partial charge < -0.3 is 14.1 Å². The summed E-state index contributed by atoms with van der Waals surface area (Å²) in [5.74, 6) is 0.760. The fourth-order valence-corrected chi connectivity index (χ4v) is 2.20. The minimum absolute atomic E-state index is 0.178. The number of aryl methyl sites for hydroxylation is 1. The lowest BCUT2D eigenvalue weighted by Crippen LogP contribution is -1.98. The lowest BCUT2D eigenvalue weighted by molar-refractivity contribution is 0.286. The molecule has 2 aromatic heterocycles. The lowest BCUT2D eigenvalue weighted by Gasteiger charge is -2.05. The summed E-state index contributed by atoms with van der Waals surface area (Å²) in [7, 11) is 0. The number of oxazole rings is 1. The molecule has 2 heterocycles. The van der Waals surface area contributed by atoms with Gasteiger partial charge in [0.1, 0.15) is 18.6 Å². The normalized spacial score (nSPS) is 11.5. The molecule has 0 atom stereocenters. The van der Waals surface area contributed by atoms with Crippen molar-refractivity contribution >= 4 is 10.9 Å². The topological polar surface area (TPSA) is 51.0 Å². The Morgan fingerprint density at radius 3 is 2.81 bits per heavy atom. The largest absolute Gasteiger partial charge is 0.484 e. The average molecular weight is 288 g/mol. The number of hydrogen-bond donors (Lipinski definition) is 1. The number of H-pyrrole nitrogens is 1. The smallest absolute Gasteiger partial charge is 0.191 e. The predicted octanol–water partition coefficient (Wildman–Crippen LogP) is 4.31. The molecular weight excluding hydrogens is 271 g/mol. The van der Waals surface area contributed by atoms with Crippen LogP contribution in [0.25, 0.3) is 10.9 Å². The summed E-state index contributed by atoms with van der Waals surface area (Å²) < 4.78 is 24.6.